The van der Waals surface area contributed by atoms with E-state index in [1.165, 1.54) is 5.56 Å². The molecule has 1 atom stereocenters. The van der Waals surface area contributed by atoms with Crippen molar-refractivity contribution >= 4 is 5.91 Å². The monoisotopic (exact) mass is 273 g/mol. The average Bonchev–Trinajstić information content (AvgIpc) is 2.88. The van der Waals surface area contributed by atoms with Crippen molar-refractivity contribution in [1.29, 1.82) is 0 Å². The number of nitrogens with zero attached hydrogens (tertiary/aromatic N) is 3. The Labute approximate surface area is 118 Å². The Balaban J connectivity index is 2.01. The lowest BCUT2D eigenvalue weighted by Crippen LogP contribution is -2.27. The van der Waals surface area contributed by atoms with Gasteiger partial charge < -0.3 is 11.1 Å². The van der Waals surface area contributed by atoms with Crippen LogP contribution in [0, 0.1) is 6.92 Å². The standard InChI is InChI=1S/C14H19N5O/c1-10-3-5-12(6-4-10)11(2)16-14(20)13-9-19(8-7-15)18-17-13/h3-6,9,11H,7-8,15H2,1-2H3,(H,16,20)/t11-/m0/s1. The zero-order valence-electron chi connectivity index (χ0n) is 11.7. The average molecular weight is 273 g/mol. The summed E-state index contributed by atoms with van der Waals surface area (Å²) < 4.78 is 1.56. The highest BCUT2D eigenvalue weighted by molar-refractivity contribution is 5.92. The van der Waals surface area contributed by atoms with Crippen LogP contribution in [0.15, 0.2) is 30.5 Å². The highest BCUT2D eigenvalue weighted by atomic mass is 16.2. The summed E-state index contributed by atoms with van der Waals surface area (Å²) in [6, 6.07) is 7.98. The zero-order valence-corrected chi connectivity index (χ0v) is 11.7. The quantitative estimate of drug-likeness (QED) is 0.852. The van der Waals surface area contributed by atoms with Crippen LogP contribution in [0.3, 0.4) is 0 Å². The lowest BCUT2D eigenvalue weighted by atomic mass is 10.1. The molecule has 0 aliphatic heterocycles. The SMILES string of the molecule is Cc1ccc([C@H](C)NC(=O)c2cn(CCN)nn2)cc1. The topological polar surface area (TPSA) is 85.8 Å². The summed E-state index contributed by atoms with van der Waals surface area (Å²) in [6.07, 6.45) is 1.60. The molecule has 6 nitrogen and oxygen atoms in total. The number of benzene rings is 1. The highest BCUT2D eigenvalue weighted by Crippen LogP contribution is 2.13. The molecule has 0 spiro atoms. The van der Waals surface area contributed by atoms with E-state index in [4.69, 9.17) is 5.73 Å². The van der Waals surface area contributed by atoms with Crippen molar-refractivity contribution < 1.29 is 4.79 Å². The Morgan fingerprint density at radius 1 is 1.40 bits per heavy atom. The molecule has 20 heavy (non-hydrogen) atoms. The van der Waals surface area contributed by atoms with Gasteiger partial charge in [-0.25, -0.2) is 0 Å². The number of amides is 1. The van der Waals surface area contributed by atoms with Crippen molar-refractivity contribution in [2.45, 2.75) is 26.4 Å². The van der Waals surface area contributed by atoms with E-state index in [0.29, 0.717) is 18.8 Å². The summed E-state index contributed by atoms with van der Waals surface area (Å²) in [4.78, 5) is 12.1. The van der Waals surface area contributed by atoms with Crippen LogP contribution in [0.25, 0.3) is 0 Å². The molecule has 6 heteroatoms. The second-order valence-electron chi connectivity index (χ2n) is 4.76. The molecule has 0 saturated carbocycles. The molecule has 106 valence electrons. The van der Waals surface area contributed by atoms with Gasteiger partial charge in [0.05, 0.1) is 18.8 Å². The van der Waals surface area contributed by atoms with Crippen LogP contribution in [-0.4, -0.2) is 27.4 Å². The van der Waals surface area contributed by atoms with Gasteiger partial charge in [-0.15, -0.1) is 5.10 Å². The lowest BCUT2D eigenvalue weighted by Gasteiger charge is -2.13. The molecule has 0 radical (unpaired) electrons. The molecule has 3 N–H and O–H groups in total. The Hall–Kier alpha value is -2.21. The number of hydrogen-bond acceptors (Lipinski definition) is 4. The molecule has 1 aromatic carbocycles. The normalized spacial score (nSPS) is 12.2. The minimum Gasteiger partial charge on any atom is -0.344 e. The van der Waals surface area contributed by atoms with E-state index in [-0.39, 0.29) is 11.9 Å². The predicted molar refractivity (Wildman–Crippen MR) is 76.1 cm³/mol. The van der Waals surface area contributed by atoms with E-state index in [1.54, 1.807) is 10.9 Å². The third-order valence-corrected chi connectivity index (χ3v) is 3.05. The van der Waals surface area contributed by atoms with Gasteiger partial charge in [0.2, 0.25) is 0 Å². The summed E-state index contributed by atoms with van der Waals surface area (Å²) in [6.45, 7) is 4.98. The van der Waals surface area contributed by atoms with Crippen LogP contribution in [0.2, 0.25) is 0 Å². The zero-order chi connectivity index (χ0) is 14.5. The van der Waals surface area contributed by atoms with Crippen molar-refractivity contribution in [3.05, 3.63) is 47.3 Å². The van der Waals surface area contributed by atoms with Gasteiger partial charge in [0, 0.05) is 6.54 Å². The van der Waals surface area contributed by atoms with Gasteiger partial charge in [0.25, 0.3) is 5.91 Å². The Morgan fingerprint density at radius 3 is 2.75 bits per heavy atom. The minimum atomic E-state index is -0.235. The van der Waals surface area contributed by atoms with Crippen LogP contribution in [-0.2, 0) is 6.54 Å². The van der Waals surface area contributed by atoms with Gasteiger partial charge in [-0.05, 0) is 19.4 Å². The maximum absolute atomic E-state index is 12.1. The number of aryl methyl sites for hydroxylation is 1. The van der Waals surface area contributed by atoms with E-state index in [9.17, 15) is 4.79 Å². The summed E-state index contributed by atoms with van der Waals surface area (Å²) in [5, 5.41) is 10.6. The number of hydrogen-bond donors (Lipinski definition) is 2. The summed E-state index contributed by atoms with van der Waals surface area (Å²) in [7, 11) is 0. The Bertz CT molecular complexity index is 576. The first kappa shape index (κ1) is 14.2. The summed E-state index contributed by atoms with van der Waals surface area (Å²) in [5.41, 5.74) is 7.97. The fraction of sp³-hybridized carbons (Fsp3) is 0.357. The molecular formula is C14H19N5O. The predicted octanol–water partition coefficient (Wildman–Crippen LogP) is 1.04. The fourth-order valence-corrected chi connectivity index (χ4v) is 1.85. The van der Waals surface area contributed by atoms with E-state index < -0.39 is 0 Å². The van der Waals surface area contributed by atoms with Crippen molar-refractivity contribution in [3.63, 3.8) is 0 Å². The van der Waals surface area contributed by atoms with Crippen LogP contribution in [0.1, 0.15) is 34.6 Å². The van der Waals surface area contributed by atoms with Crippen molar-refractivity contribution in [3.8, 4) is 0 Å². The smallest absolute Gasteiger partial charge is 0.273 e. The molecule has 0 aliphatic carbocycles. The number of carbonyl (C=O) groups is 1. The third-order valence-electron chi connectivity index (χ3n) is 3.05. The van der Waals surface area contributed by atoms with Crippen molar-refractivity contribution in [2.24, 2.45) is 5.73 Å². The molecule has 1 amide bonds. The maximum atomic E-state index is 12.1. The number of rotatable bonds is 5. The number of nitrogens with two attached hydrogens (primary N) is 1. The first-order valence-corrected chi connectivity index (χ1v) is 6.58. The first-order chi connectivity index (χ1) is 9.60. The molecule has 1 aromatic heterocycles. The number of aromatic nitrogens is 3. The first-order valence-electron chi connectivity index (χ1n) is 6.58. The van der Waals surface area contributed by atoms with E-state index in [1.807, 2.05) is 38.1 Å². The molecule has 0 aliphatic rings. The van der Waals surface area contributed by atoms with Gasteiger partial charge in [-0.1, -0.05) is 35.0 Å². The molecule has 2 aromatic rings. The molecule has 0 unspecified atom stereocenters. The van der Waals surface area contributed by atoms with Crippen molar-refractivity contribution in [1.82, 2.24) is 20.3 Å². The van der Waals surface area contributed by atoms with Gasteiger partial charge in [0.1, 0.15) is 0 Å². The van der Waals surface area contributed by atoms with Gasteiger partial charge in [-0.3, -0.25) is 9.48 Å². The van der Waals surface area contributed by atoms with Crippen LogP contribution >= 0.6 is 0 Å². The fourth-order valence-electron chi connectivity index (χ4n) is 1.85. The number of carbonyl (C=O) groups excluding carboxylic acids is 1. The van der Waals surface area contributed by atoms with Crippen LogP contribution < -0.4 is 11.1 Å². The van der Waals surface area contributed by atoms with Gasteiger partial charge >= 0.3 is 0 Å². The molecule has 0 bridgehead atoms. The Kier molecular flexibility index (Phi) is 4.47. The third kappa shape index (κ3) is 3.42. The minimum absolute atomic E-state index is 0.0808. The highest BCUT2D eigenvalue weighted by Gasteiger charge is 2.14. The lowest BCUT2D eigenvalue weighted by molar-refractivity contribution is 0.0934. The molecule has 1 heterocycles. The maximum Gasteiger partial charge on any atom is 0.273 e. The summed E-state index contributed by atoms with van der Waals surface area (Å²) >= 11 is 0. The van der Waals surface area contributed by atoms with Crippen LogP contribution in [0.5, 0.6) is 0 Å². The molecular weight excluding hydrogens is 254 g/mol. The molecule has 0 saturated heterocycles. The second kappa shape index (κ2) is 6.29. The van der Waals surface area contributed by atoms with Crippen LogP contribution in [0.4, 0.5) is 0 Å². The Morgan fingerprint density at radius 2 is 2.10 bits per heavy atom. The van der Waals surface area contributed by atoms with E-state index >= 15 is 0 Å². The van der Waals surface area contributed by atoms with Gasteiger partial charge in [-0.2, -0.15) is 0 Å². The molecule has 2 rings (SSSR count). The molecule has 0 fully saturated rings. The van der Waals surface area contributed by atoms with E-state index in [0.717, 1.165) is 5.56 Å². The summed E-state index contributed by atoms with van der Waals surface area (Å²) in [5.74, 6) is -0.235. The van der Waals surface area contributed by atoms with Crippen molar-refractivity contribution in [2.75, 3.05) is 6.54 Å². The number of nitrogens with one attached hydrogen (secondary N) is 1. The largest absolute Gasteiger partial charge is 0.344 e. The second-order valence-corrected chi connectivity index (χ2v) is 4.76. The van der Waals surface area contributed by atoms with Gasteiger partial charge in [0.15, 0.2) is 5.69 Å². The van der Waals surface area contributed by atoms with E-state index in [2.05, 4.69) is 15.6 Å².